The van der Waals surface area contributed by atoms with Crippen LogP contribution in [0.3, 0.4) is 0 Å². The zero-order valence-electron chi connectivity index (χ0n) is 10.9. The van der Waals surface area contributed by atoms with Crippen LogP contribution >= 0.6 is 0 Å². The summed E-state index contributed by atoms with van der Waals surface area (Å²) in [5.74, 6) is 1.03. The average Bonchev–Trinajstić information content (AvgIpc) is 2.35. The normalized spacial score (nSPS) is 10.8. The molecule has 0 radical (unpaired) electrons. The molecule has 0 aliphatic heterocycles. The van der Waals surface area contributed by atoms with Crippen molar-refractivity contribution in [2.75, 3.05) is 11.9 Å². The van der Waals surface area contributed by atoms with Crippen molar-refractivity contribution in [2.45, 2.75) is 33.6 Å². The fourth-order valence-corrected chi connectivity index (χ4v) is 2.07. The Hall–Kier alpha value is -1.57. The first-order valence-corrected chi connectivity index (χ1v) is 6.39. The highest BCUT2D eigenvalue weighted by Gasteiger charge is 2.05. The molecule has 2 nitrogen and oxygen atoms in total. The summed E-state index contributed by atoms with van der Waals surface area (Å²) >= 11 is 0. The molecule has 2 rings (SSSR count). The number of pyridine rings is 1. The van der Waals surface area contributed by atoms with Crippen LogP contribution in [0, 0.1) is 6.92 Å². The molecule has 0 saturated carbocycles. The van der Waals surface area contributed by atoms with Gasteiger partial charge in [0.1, 0.15) is 5.82 Å². The second-order valence-corrected chi connectivity index (χ2v) is 4.42. The van der Waals surface area contributed by atoms with E-state index in [1.807, 2.05) is 0 Å². The number of benzene rings is 1. The number of hydrogen-bond donors (Lipinski definition) is 1. The van der Waals surface area contributed by atoms with E-state index in [1.165, 1.54) is 16.5 Å². The van der Waals surface area contributed by atoms with Gasteiger partial charge >= 0.3 is 0 Å². The fourth-order valence-electron chi connectivity index (χ4n) is 2.07. The lowest BCUT2D eigenvalue weighted by Gasteiger charge is -2.11. The first kappa shape index (κ1) is 11.9. The molecular weight excluding hydrogens is 208 g/mol. The van der Waals surface area contributed by atoms with Crippen LogP contribution in [-0.4, -0.2) is 11.5 Å². The Morgan fingerprint density at radius 2 is 2.06 bits per heavy atom. The maximum absolute atomic E-state index is 4.77. The van der Waals surface area contributed by atoms with Crippen LogP contribution in [0.4, 0.5) is 5.82 Å². The van der Waals surface area contributed by atoms with Crippen molar-refractivity contribution in [3.05, 3.63) is 35.4 Å². The van der Waals surface area contributed by atoms with Crippen LogP contribution in [-0.2, 0) is 6.42 Å². The highest BCUT2D eigenvalue weighted by atomic mass is 15.0. The first-order chi connectivity index (χ1) is 8.26. The minimum absolute atomic E-state index is 0.980. The minimum atomic E-state index is 0.980. The Bertz CT molecular complexity index is 518. The summed E-state index contributed by atoms with van der Waals surface area (Å²) in [6.45, 7) is 7.44. The summed E-state index contributed by atoms with van der Waals surface area (Å²) in [6, 6.07) is 8.63. The number of para-hydroxylation sites is 1. The van der Waals surface area contributed by atoms with Gasteiger partial charge in [-0.05, 0) is 37.0 Å². The summed E-state index contributed by atoms with van der Waals surface area (Å²) in [4.78, 5) is 4.77. The lowest BCUT2D eigenvalue weighted by Crippen LogP contribution is -2.04. The third-order valence-corrected chi connectivity index (χ3v) is 3.04. The van der Waals surface area contributed by atoms with Crippen molar-refractivity contribution < 1.29 is 0 Å². The van der Waals surface area contributed by atoms with Crippen molar-refractivity contribution in [3.8, 4) is 0 Å². The average molecular weight is 228 g/mol. The van der Waals surface area contributed by atoms with Gasteiger partial charge in [0, 0.05) is 11.9 Å². The number of nitrogens with one attached hydrogen (secondary N) is 1. The van der Waals surface area contributed by atoms with Crippen LogP contribution in [0.15, 0.2) is 24.3 Å². The molecule has 0 bridgehead atoms. The Balaban J connectivity index is 2.52. The van der Waals surface area contributed by atoms with Crippen molar-refractivity contribution in [3.63, 3.8) is 0 Å². The monoisotopic (exact) mass is 228 g/mol. The van der Waals surface area contributed by atoms with Crippen LogP contribution in [0.2, 0.25) is 0 Å². The first-order valence-electron chi connectivity index (χ1n) is 6.39. The standard InChI is InChI=1S/C15H20N2/c1-4-9-16-15-11(3)10-13-8-6-7-12(5-2)14(13)17-15/h6-8,10H,4-5,9H2,1-3H3,(H,16,17). The topological polar surface area (TPSA) is 24.9 Å². The van der Waals surface area contributed by atoms with Gasteiger partial charge < -0.3 is 5.32 Å². The number of hydrogen-bond acceptors (Lipinski definition) is 2. The highest BCUT2D eigenvalue weighted by Crippen LogP contribution is 2.23. The van der Waals surface area contributed by atoms with Gasteiger partial charge in [0.25, 0.3) is 0 Å². The van der Waals surface area contributed by atoms with E-state index >= 15 is 0 Å². The van der Waals surface area contributed by atoms with Gasteiger partial charge in [-0.3, -0.25) is 0 Å². The maximum Gasteiger partial charge on any atom is 0.129 e. The van der Waals surface area contributed by atoms with Gasteiger partial charge in [0.15, 0.2) is 0 Å². The van der Waals surface area contributed by atoms with Crippen molar-refractivity contribution in [1.29, 1.82) is 0 Å². The van der Waals surface area contributed by atoms with Crippen molar-refractivity contribution >= 4 is 16.7 Å². The third-order valence-electron chi connectivity index (χ3n) is 3.04. The summed E-state index contributed by atoms with van der Waals surface area (Å²) in [7, 11) is 0. The van der Waals surface area contributed by atoms with Gasteiger partial charge in [-0.15, -0.1) is 0 Å². The molecule has 1 aromatic carbocycles. The maximum atomic E-state index is 4.77. The SMILES string of the molecule is CCCNc1nc2c(CC)cccc2cc1C. The summed E-state index contributed by atoms with van der Waals surface area (Å²) in [6.07, 6.45) is 2.15. The van der Waals surface area contributed by atoms with Crippen molar-refractivity contribution in [1.82, 2.24) is 4.98 Å². The zero-order chi connectivity index (χ0) is 12.3. The smallest absolute Gasteiger partial charge is 0.129 e. The van der Waals surface area contributed by atoms with Crippen LogP contribution in [0.1, 0.15) is 31.4 Å². The van der Waals surface area contributed by atoms with Gasteiger partial charge in [-0.1, -0.05) is 32.0 Å². The lowest BCUT2D eigenvalue weighted by atomic mass is 10.1. The van der Waals surface area contributed by atoms with E-state index in [2.05, 4.69) is 50.4 Å². The molecular formula is C15H20N2. The second kappa shape index (κ2) is 5.17. The zero-order valence-corrected chi connectivity index (χ0v) is 10.9. The second-order valence-electron chi connectivity index (χ2n) is 4.42. The Labute approximate surface area is 103 Å². The quantitative estimate of drug-likeness (QED) is 0.857. The van der Waals surface area contributed by atoms with Gasteiger partial charge in [-0.2, -0.15) is 0 Å². The molecule has 0 atom stereocenters. The van der Waals surface area contributed by atoms with Gasteiger partial charge in [-0.25, -0.2) is 4.98 Å². The Morgan fingerprint density at radius 1 is 1.24 bits per heavy atom. The fraction of sp³-hybridized carbons (Fsp3) is 0.400. The molecule has 1 heterocycles. The molecule has 0 saturated heterocycles. The van der Waals surface area contributed by atoms with Gasteiger partial charge in [0.2, 0.25) is 0 Å². The molecule has 0 unspecified atom stereocenters. The van der Waals surface area contributed by atoms with E-state index in [0.29, 0.717) is 0 Å². The summed E-state index contributed by atoms with van der Waals surface area (Å²) in [5.41, 5.74) is 3.68. The van der Waals surface area contributed by atoms with Crippen molar-refractivity contribution in [2.24, 2.45) is 0 Å². The molecule has 0 amide bonds. The molecule has 0 aliphatic carbocycles. The van der Waals surface area contributed by atoms with E-state index in [0.717, 1.165) is 30.7 Å². The number of fused-ring (bicyclic) bond motifs is 1. The molecule has 0 aliphatic rings. The van der Waals surface area contributed by atoms with E-state index in [-0.39, 0.29) is 0 Å². The summed E-state index contributed by atoms with van der Waals surface area (Å²) < 4.78 is 0. The van der Waals surface area contributed by atoms with Gasteiger partial charge in [0.05, 0.1) is 5.52 Å². The number of aryl methyl sites for hydroxylation is 2. The van der Waals surface area contributed by atoms with E-state index in [9.17, 15) is 0 Å². The lowest BCUT2D eigenvalue weighted by molar-refractivity contribution is 0.968. The van der Waals surface area contributed by atoms with Crippen LogP contribution in [0.5, 0.6) is 0 Å². The van der Waals surface area contributed by atoms with E-state index in [1.54, 1.807) is 0 Å². The molecule has 2 aromatic rings. The van der Waals surface area contributed by atoms with Crippen LogP contribution in [0.25, 0.3) is 10.9 Å². The summed E-state index contributed by atoms with van der Waals surface area (Å²) in [5, 5.41) is 4.63. The minimum Gasteiger partial charge on any atom is -0.370 e. The number of nitrogens with zero attached hydrogens (tertiary/aromatic N) is 1. The Morgan fingerprint density at radius 3 is 2.76 bits per heavy atom. The number of anilines is 1. The largest absolute Gasteiger partial charge is 0.370 e. The number of aromatic nitrogens is 1. The Kier molecular flexibility index (Phi) is 3.62. The molecule has 90 valence electrons. The molecule has 0 spiro atoms. The van der Waals surface area contributed by atoms with E-state index < -0.39 is 0 Å². The predicted octanol–water partition coefficient (Wildman–Crippen LogP) is 3.93. The molecule has 0 fully saturated rings. The highest BCUT2D eigenvalue weighted by molar-refractivity contribution is 5.84. The molecule has 1 N–H and O–H groups in total. The molecule has 2 heteroatoms. The molecule has 17 heavy (non-hydrogen) atoms. The van der Waals surface area contributed by atoms with E-state index in [4.69, 9.17) is 4.98 Å². The molecule has 1 aromatic heterocycles. The van der Waals surface area contributed by atoms with Crippen LogP contribution < -0.4 is 5.32 Å². The number of rotatable bonds is 4. The third kappa shape index (κ3) is 2.41. The predicted molar refractivity (Wildman–Crippen MR) is 74.6 cm³/mol.